The summed E-state index contributed by atoms with van der Waals surface area (Å²) in [6.45, 7) is 6.71. The molecular weight excluding hydrogens is 506 g/mol. The quantitative estimate of drug-likeness (QED) is 0.457. The van der Waals surface area contributed by atoms with Gasteiger partial charge in [0.1, 0.15) is 5.00 Å². The Hall–Kier alpha value is -1.48. The van der Waals surface area contributed by atoms with Gasteiger partial charge in [0.25, 0.3) is 11.8 Å². The normalized spacial score (nSPS) is 16.0. The molecule has 0 bridgehead atoms. The van der Waals surface area contributed by atoms with Crippen molar-refractivity contribution in [3.63, 3.8) is 0 Å². The van der Waals surface area contributed by atoms with E-state index in [0.717, 1.165) is 34.2 Å². The topological polar surface area (TPSA) is 84.2 Å². The maximum absolute atomic E-state index is 12.6. The van der Waals surface area contributed by atoms with Crippen LogP contribution < -0.4 is 16.4 Å². The Labute approximate surface area is 198 Å². The third-order valence-electron chi connectivity index (χ3n) is 5.36. The van der Waals surface area contributed by atoms with Crippen LogP contribution in [-0.2, 0) is 12.8 Å². The third-order valence-corrected chi connectivity index (χ3v) is 7.56. The van der Waals surface area contributed by atoms with Crippen LogP contribution in [0.3, 0.4) is 0 Å². The smallest absolute Gasteiger partial charge is 0.258 e. The second-order valence-corrected chi connectivity index (χ2v) is 11.2. The summed E-state index contributed by atoms with van der Waals surface area (Å²) in [7, 11) is 0. The summed E-state index contributed by atoms with van der Waals surface area (Å²) in [5.74, 6) is -0.399. The first-order valence-corrected chi connectivity index (χ1v) is 11.9. The summed E-state index contributed by atoms with van der Waals surface area (Å²) in [5, 5.41) is 6.60. The minimum atomic E-state index is -0.492. The van der Waals surface area contributed by atoms with Crippen molar-refractivity contribution in [2.75, 3.05) is 5.32 Å². The van der Waals surface area contributed by atoms with Gasteiger partial charge in [-0.3, -0.25) is 14.9 Å². The molecule has 0 fully saturated rings. The van der Waals surface area contributed by atoms with Crippen LogP contribution >= 0.6 is 51.1 Å². The Bertz CT molecular complexity index is 1030. The van der Waals surface area contributed by atoms with Crippen LogP contribution in [0.25, 0.3) is 0 Å². The maximum Gasteiger partial charge on any atom is 0.258 e. The Balaban J connectivity index is 1.80. The molecule has 3 rings (SSSR count). The number of hydrogen-bond donors (Lipinski definition) is 3. The summed E-state index contributed by atoms with van der Waals surface area (Å²) in [6, 6.07) is 4.99. The average molecular weight is 529 g/mol. The molecule has 0 saturated carbocycles. The van der Waals surface area contributed by atoms with Crippen molar-refractivity contribution in [3.8, 4) is 0 Å². The predicted molar refractivity (Wildman–Crippen MR) is 131 cm³/mol. The van der Waals surface area contributed by atoms with Gasteiger partial charge in [-0.1, -0.05) is 48.3 Å². The van der Waals surface area contributed by atoms with Crippen molar-refractivity contribution in [1.29, 1.82) is 0 Å². The Morgan fingerprint density at radius 2 is 2.03 bits per heavy atom. The molecule has 1 aromatic carbocycles. The monoisotopic (exact) mass is 527 g/mol. The predicted octanol–water partition coefficient (Wildman–Crippen LogP) is 5.54. The molecule has 1 aromatic heterocycles. The Kier molecular flexibility index (Phi) is 6.91. The number of thiophene rings is 1. The largest absolute Gasteiger partial charge is 0.365 e. The number of carbonyl (C=O) groups is 2. The minimum Gasteiger partial charge on any atom is -0.365 e. The summed E-state index contributed by atoms with van der Waals surface area (Å²) < 4.78 is 0.728. The number of amides is 2. The van der Waals surface area contributed by atoms with E-state index in [4.69, 9.17) is 29.6 Å². The number of rotatable bonds is 3. The van der Waals surface area contributed by atoms with Gasteiger partial charge in [-0.2, -0.15) is 0 Å². The van der Waals surface area contributed by atoms with Crippen molar-refractivity contribution in [3.05, 3.63) is 49.3 Å². The molecule has 1 aliphatic rings. The van der Waals surface area contributed by atoms with Gasteiger partial charge in [0, 0.05) is 9.35 Å². The molecule has 2 amide bonds. The van der Waals surface area contributed by atoms with Gasteiger partial charge in [0.15, 0.2) is 5.11 Å². The fourth-order valence-electron chi connectivity index (χ4n) is 3.65. The lowest BCUT2D eigenvalue weighted by molar-refractivity contribution is 0.0975. The number of nitrogens with two attached hydrogens (primary N) is 1. The highest BCUT2D eigenvalue weighted by molar-refractivity contribution is 9.10. The van der Waals surface area contributed by atoms with E-state index in [-0.39, 0.29) is 10.5 Å². The fraction of sp³-hybridized carbons (Fsp3) is 0.381. The van der Waals surface area contributed by atoms with Gasteiger partial charge in [0.2, 0.25) is 0 Å². The van der Waals surface area contributed by atoms with Crippen molar-refractivity contribution < 1.29 is 9.59 Å². The van der Waals surface area contributed by atoms with Crippen LogP contribution in [0.2, 0.25) is 5.02 Å². The number of fused-ring (bicyclic) bond motifs is 1. The van der Waals surface area contributed by atoms with Crippen LogP contribution in [0.4, 0.5) is 5.00 Å². The summed E-state index contributed by atoms with van der Waals surface area (Å²) in [6.07, 6.45) is 2.72. The van der Waals surface area contributed by atoms with Crippen molar-refractivity contribution in [1.82, 2.24) is 5.32 Å². The Morgan fingerprint density at radius 3 is 2.67 bits per heavy atom. The van der Waals surface area contributed by atoms with E-state index in [1.165, 1.54) is 11.3 Å². The van der Waals surface area contributed by atoms with Crippen molar-refractivity contribution >= 4 is 73.0 Å². The molecule has 30 heavy (non-hydrogen) atoms. The second kappa shape index (κ2) is 8.94. The number of thiocarbonyl (C=S) groups is 1. The average Bonchev–Trinajstić information content (AvgIpc) is 2.99. The van der Waals surface area contributed by atoms with Crippen molar-refractivity contribution in [2.24, 2.45) is 17.1 Å². The fourth-order valence-corrected chi connectivity index (χ4v) is 5.81. The first-order valence-electron chi connectivity index (χ1n) is 9.49. The van der Waals surface area contributed by atoms with Crippen LogP contribution in [0.15, 0.2) is 22.7 Å². The van der Waals surface area contributed by atoms with E-state index in [0.29, 0.717) is 27.1 Å². The number of carbonyl (C=O) groups excluding carboxylic acids is 2. The lowest BCUT2D eigenvalue weighted by Crippen LogP contribution is -2.34. The first kappa shape index (κ1) is 23.2. The molecule has 0 aliphatic heterocycles. The standard InChI is InChI=1S/C21H23BrClN3O2S2/c1-21(2,3)10-4-6-12-15(8-10)30-19(16(12)17(24)27)26-20(29)25-18(28)13-9-11(22)5-7-14(13)23/h5,7,9-10H,4,6,8H2,1-3H3,(H2,24,27)(H2,25,26,28,29)/t10-/m1/s1. The van der Waals surface area contributed by atoms with E-state index in [1.54, 1.807) is 18.2 Å². The third kappa shape index (κ3) is 5.04. The molecular formula is C21H23BrClN3O2S2. The molecule has 0 saturated heterocycles. The zero-order valence-corrected chi connectivity index (χ0v) is 20.9. The number of halogens is 2. The Morgan fingerprint density at radius 1 is 1.33 bits per heavy atom. The zero-order chi connectivity index (χ0) is 22.2. The molecule has 4 N–H and O–H groups in total. The highest BCUT2D eigenvalue weighted by atomic mass is 79.9. The van der Waals surface area contributed by atoms with Gasteiger partial charge < -0.3 is 11.1 Å². The van der Waals surface area contributed by atoms with Crippen LogP contribution in [-0.4, -0.2) is 16.9 Å². The molecule has 0 spiro atoms. The molecule has 1 atom stereocenters. The van der Waals surface area contributed by atoms with Gasteiger partial charge in [-0.25, -0.2) is 0 Å². The lowest BCUT2D eigenvalue weighted by Gasteiger charge is -2.33. The summed E-state index contributed by atoms with van der Waals surface area (Å²) in [5.41, 5.74) is 7.64. The number of primary amides is 1. The van der Waals surface area contributed by atoms with E-state index in [2.05, 4.69) is 47.3 Å². The molecule has 0 radical (unpaired) electrons. The highest BCUT2D eigenvalue weighted by Crippen LogP contribution is 2.44. The molecule has 1 heterocycles. The van der Waals surface area contributed by atoms with Gasteiger partial charge >= 0.3 is 0 Å². The van der Waals surface area contributed by atoms with E-state index in [9.17, 15) is 9.59 Å². The molecule has 1 aliphatic carbocycles. The highest BCUT2D eigenvalue weighted by Gasteiger charge is 2.33. The van der Waals surface area contributed by atoms with E-state index < -0.39 is 11.8 Å². The van der Waals surface area contributed by atoms with Crippen LogP contribution in [0.5, 0.6) is 0 Å². The number of hydrogen-bond acceptors (Lipinski definition) is 4. The first-order chi connectivity index (χ1) is 14.0. The molecule has 160 valence electrons. The maximum atomic E-state index is 12.6. The van der Waals surface area contributed by atoms with Gasteiger partial charge in [-0.05, 0) is 66.6 Å². The molecule has 9 heteroatoms. The number of anilines is 1. The minimum absolute atomic E-state index is 0.0875. The summed E-state index contributed by atoms with van der Waals surface area (Å²) in [4.78, 5) is 25.9. The van der Waals surface area contributed by atoms with Crippen molar-refractivity contribution in [2.45, 2.75) is 40.0 Å². The second-order valence-electron chi connectivity index (χ2n) is 8.41. The lowest BCUT2D eigenvalue weighted by atomic mass is 9.72. The zero-order valence-electron chi connectivity index (χ0n) is 16.9. The molecule has 0 unspecified atom stereocenters. The van der Waals surface area contributed by atoms with E-state index in [1.807, 2.05) is 0 Å². The number of nitrogens with one attached hydrogen (secondary N) is 2. The molecule has 2 aromatic rings. The number of benzene rings is 1. The van der Waals surface area contributed by atoms with Gasteiger partial charge in [0.05, 0.1) is 16.1 Å². The van der Waals surface area contributed by atoms with Crippen LogP contribution in [0, 0.1) is 11.3 Å². The SMILES string of the molecule is CC(C)(C)[C@@H]1CCc2c(sc(NC(=S)NC(=O)c3cc(Br)ccc3Cl)c2C(N)=O)C1. The summed E-state index contributed by atoms with van der Waals surface area (Å²) >= 11 is 16.2. The molecule has 5 nitrogen and oxygen atoms in total. The van der Waals surface area contributed by atoms with Crippen LogP contribution in [0.1, 0.15) is 58.3 Å². The van der Waals surface area contributed by atoms with E-state index >= 15 is 0 Å². The van der Waals surface area contributed by atoms with Gasteiger partial charge in [-0.15, -0.1) is 11.3 Å².